The van der Waals surface area contributed by atoms with Crippen LogP contribution in [0.1, 0.15) is 30.3 Å². The van der Waals surface area contributed by atoms with Crippen LogP contribution in [-0.4, -0.2) is 6.04 Å². The summed E-state index contributed by atoms with van der Waals surface area (Å²) >= 11 is 1.64. The lowest BCUT2D eigenvalue weighted by molar-refractivity contribution is 0.550. The fraction of sp³-hybridized carbons (Fsp3) is 0.500. The van der Waals surface area contributed by atoms with Crippen molar-refractivity contribution in [2.75, 3.05) is 0 Å². The first-order valence-corrected chi connectivity index (χ1v) is 5.22. The van der Waals surface area contributed by atoms with E-state index in [1.807, 2.05) is 32.2 Å². The van der Waals surface area contributed by atoms with Gasteiger partial charge in [-0.05, 0) is 37.8 Å². The Bertz CT molecular complexity index is 309. The van der Waals surface area contributed by atoms with Crippen LogP contribution in [0.3, 0.4) is 0 Å². The molecule has 0 aliphatic rings. The van der Waals surface area contributed by atoms with Gasteiger partial charge in [0.05, 0.1) is 6.07 Å². The van der Waals surface area contributed by atoms with Crippen LogP contribution in [0, 0.1) is 18.3 Å². The molecule has 1 aromatic heterocycles. The summed E-state index contributed by atoms with van der Waals surface area (Å²) in [5, 5.41) is 14.2. The Morgan fingerprint density at radius 1 is 1.54 bits per heavy atom. The first-order chi connectivity index (χ1) is 6.15. The van der Waals surface area contributed by atoms with Crippen molar-refractivity contribution in [3.63, 3.8) is 0 Å². The molecule has 0 bridgehead atoms. The quantitative estimate of drug-likeness (QED) is 0.803. The van der Waals surface area contributed by atoms with Gasteiger partial charge in [-0.3, -0.25) is 5.32 Å². The molecule has 0 aromatic carbocycles. The zero-order valence-electron chi connectivity index (χ0n) is 8.16. The molecule has 0 spiro atoms. The smallest absolute Gasteiger partial charge is 0.131 e. The molecule has 70 valence electrons. The van der Waals surface area contributed by atoms with Gasteiger partial charge in [-0.25, -0.2) is 0 Å². The summed E-state index contributed by atoms with van der Waals surface area (Å²) in [7, 11) is 0. The zero-order valence-corrected chi connectivity index (χ0v) is 8.98. The Hall–Kier alpha value is -0.850. The lowest BCUT2D eigenvalue weighted by Crippen LogP contribution is -2.26. The standard InChI is InChI=1S/C10H14N2S/c1-7(2)12-9(6-11)10-8(3)4-5-13-10/h4-5,7,9,12H,1-3H3. The molecule has 3 heteroatoms. The fourth-order valence-corrected chi connectivity index (χ4v) is 2.11. The van der Waals surface area contributed by atoms with E-state index < -0.39 is 0 Å². The SMILES string of the molecule is Cc1ccsc1C(C#N)NC(C)C. The molecular formula is C10H14N2S. The van der Waals surface area contributed by atoms with E-state index in [2.05, 4.69) is 11.4 Å². The van der Waals surface area contributed by atoms with Gasteiger partial charge in [0.15, 0.2) is 0 Å². The Balaban J connectivity index is 2.80. The largest absolute Gasteiger partial charge is 0.295 e. The third kappa shape index (κ3) is 2.55. The molecule has 0 amide bonds. The van der Waals surface area contributed by atoms with Crippen LogP contribution < -0.4 is 5.32 Å². The minimum Gasteiger partial charge on any atom is -0.295 e. The molecule has 1 rings (SSSR count). The van der Waals surface area contributed by atoms with E-state index in [0.29, 0.717) is 6.04 Å². The first-order valence-electron chi connectivity index (χ1n) is 4.34. The number of thiophene rings is 1. The van der Waals surface area contributed by atoms with E-state index in [9.17, 15) is 0 Å². The highest BCUT2D eigenvalue weighted by atomic mass is 32.1. The summed E-state index contributed by atoms with van der Waals surface area (Å²) in [5.74, 6) is 0. The maximum Gasteiger partial charge on any atom is 0.131 e. The van der Waals surface area contributed by atoms with Crippen LogP contribution in [0.15, 0.2) is 11.4 Å². The van der Waals surface area contributed by atoms with Crippen LogP contribution >= 0.6 is 11.3 Å². The second-order valence-electron chi connectivity index (χ2n) is 3.35. The number of aryl methyl sites for hydroxylation is 1. The number of nitrogens with zero attached hydrogens (tertiary/aromatic N) is 1. The molecule has 1 atom stereocenters. The predicted molar refractivity (Wildman–Crippen MR) is 55.7 cm³/mol. The third-order valence-electron chi connectivity index (χ3n) is 1.79. The van der Waals surface area contributed by atoms with Gasteiger partial charge in [-0.1, -0.05) is 0 Å². The van der Waals surface area contributed by atoms with Gasteiger partial charge < -0.3 is 0 Å². The predicted octanol–water partition coefficient (Wildman–Crippen LogP) is 2.62. The molecule has 0 fully saturated rings. The highest BCUT2D eigenvalue weighted by Gasteiger charge is 2.14. The van der Waals surface area contributed by atoms with Crippen molar-refractivity contribution in [2.24, 2.45) is 0 Å². The van der Waals surface area contributed by atoms with Crippen LogP contribution in [0.2, 0.25) is 0 Å². The van der Waals surface area contributed by atoms with Crippen molar-refractivity contribution < 1.29 is 0 Å². The van der Waals surface area contributed by atoms with Crippen LogP contribution in [-0.2, 0) is 0 Å². The minimum absolute atomic E-state index is 0.153. The van der Waals surface area contributed by atoms with Gasteiger partial charge in [0, 0.05) is 10.9 Å². The number of rotatable bonds is 3. The molecule has 0 aliphatic heterocycles. The maximum absolute atomic E-state index is 8.97. The van der Waals surface area contributed by atoms with Gasteiger partial charge in [0.1, 0.15) is 6.04 Å². The molecule has 0 saturated heterocycles. The molecule has 1 N–H and O–H groups in total. The first kappa shape index (κ1) is 10.2. The van der Waals surface area contributed by atoms with Gasteiger partial charge in [0.2, 0.25) is 0 Å². The van der Waals surface area contributed by atoms with Crippen LogP contribution in [0.4, 0.5) is 0 Å². The lowest BCUT2D eigenvalue weighted by atomic mass is 10.1. The molecule has 1 heterocycles. The van der Waals surface area contributed by atoms with Gasteiger partial charge in [-0.2, -0.15) is 5.26 Å². The number of hydrogen-bond donors (Lipinski definition) is 1. The summed E-state index contributed by atoms with van der Waals surface area (Å²) in [4.78, 5) is 1.14. The topological polar surface area (TPSA) is 35.8 Å². The van der Waals surface area contributed by atoms with E-state index in [-0.39, 0.29) is 6.04 Å². The second kappa shape index (κ2) is 4.40. The van der Waals surface area contributed by atoms with Crippen molar-refractivity contribution in [2.45, 2.75) is 32.9 Å². The normalized spacial score (nSPS) is 12.8. The van der Waals surface area contributed by atoms with Crippen LogP contribution in [0.25, 0.3) is 0 Å². The molecule has 1 aromatic rings. The number of nitrogens with one attached hydrogen (secondary N) is 1. The third-order valence-corrected chi connectivity index (χ3v) is 2.88. The van der Waals surface area contributed by atoms with E-state index in [4.69, 9.17) is 5.26 Å². The lowest BCUT2D eigenvalue weighted by Gasteiger charge is -2.13. The van der Waals surface area contributed by atoms with Crippen molar-refractivity contribution >= 4 is 11.3 Å². The average molecular weight is 194 g/mol. The Labute approximate surface area is 83.2 Å². The highest BCUT2D eigenvalue weighted by Crippen LogP contribution is 2.23. The number of nitriles is 1. The molecule has 0 saturated carbocycles. The molecule has 2 nitrogen and oxygen atoms in total. The van der Waals surface area contributed by atoms with Crippen molar-refractivity contribution in [3.8, 4) is 6.07 Å². The van der Waals surface area contributed by atoms with E-state index in [0.717, 1.165) is 4.88 Å². The minimum atomic E-state index is -0.153. The average Bonchev–Trinajstić information content (AvgIpc) is 2.47. The Morgan fingerprint density at radius 3 is 2.62 bits per heavy atom. The molecule has 1 unspecified atom stereocenters. The summed E-state index contributed by atoms with van der Waals surface area (Å²) in [6, 6.07) is 4.51. The van der Waals surface area contributed by atoms with E-state index >= 15 is 0 Å². The second-order valence-corrected chi connectivity index (χ2v) is 4.30. The van der Waals surface area contributed by atoms with Gasteiger partial charge >= 0.3 is 0 Å². The van der Waals surface area contributed by atoms with Crippen molar-refractivity contribution in [1.82, 2.24) is 5.32 Å². The molecular weight excluding hydrogens is 180 g/mol. The monoisotopic (exact) mass is 194 g/mol. The van der Waals surface area contributed by atoms with Crippen molar-refractivity contribution in [3.05, 3.63) is 21.9 Å². The molecule has 0 radical (unpaired) electrons. The summed E-state index contributed by atoms with van der Waals surface area (Å²) < 4.78 is 0. The number of hydrogen-bond acceptors (Lipinski definition) is 3. The summed E-state index contributed by atoms with van der Waals surface area (Å²) in [6.07, 6.45) is 0. The highest BCUT2D eigenvalue weighted by molar-refractivity contribution is 7.10. The van der Waals surface area contributed by atoms with Crippen molar-refractivity contribution in [1.29, 1.82) is 5.26 Å². The Kier molecular flexibility index (Phi) is 3.47. The van der Waals surface area contributed by atoms with Gasteiger partial charge in [-0.15, -0.1) is 11.3 Å². The fourth-order valence-electron chi connectivity index (χ4n) is 1.19. The Morgan fingerprint density at radius 2 is 2.23 bits per heavy atom. The molecule has 0 aliphatic carbocycles. The van der Waals surface area contributed by atoms with E-state index in [1.54, 1.807) is 11.3 Å². The van der Waals surface area contributed by atoms with Gasteiger partial charge in [0.25, 0.3) is 0 Å². The molecule has 13 heavy (non-hydrogen) atoms. The van der Waals surface area contributed by atoms with E-state index in [1.165, 1.54) is 5.56 Å². The zero-order chi connectivity index (χ0) is 9.84. The summed E-state index contributed by atoms with van der Waals surface area (Å²) in [5.41, 5.74) is 1.20. The maximum atomic E-state index is 8.97. The summed E-state index contributed by atoms with van der Waals surface area (Å²) in [6.45, 7) is 6.14. The van der Waals surface area contributed by atoms with Crippen LogP contribution in [0.5, 0.6) is 0 Å².